The number of anilines is 2. The van der Waals surface area contributed by atoms with E-state index < -0.39 is 0 Å². The zero-order valence-electron chi connectivity index (χ0n) is 40.0. The van der Waals surface area contributed by atoms with Crippen molar-refractivity contribution in [1.82, 2.24) is 15.1 Å². The molecule has 3 aliphatic heterocycles. The highest BCUT2D eigenvalue weighted by molar-refractivity contribution is 5.85. The smallest absolute Gasteiger partial charge is 0.0488 e. The summed E-state index contributed by atoms with van der Waals surface area (Å²) in [5.74, 6) is 3.77. The van der Waals surface area contributed by atoms with E-state index in [1.807, 2.05) is 13.8 Å². The van der Waals surface area contributed by atoms with Crippen LogP contribution in [0.15, 0.2) is 74.3 Å². The number of aryl methyl sites for hydroxylation is 2. The normalized spacial score (nSPS) is 16.9. The number of hydrogen-bond acceptors (Lipinski definition) is 5. The number of allylic oxidation sites excluding steroid dienone is 1. The Morgan fingerprint density at radius 2 is 1.56 bits per heavy atom. The van der Waals surface area contributed by atoms with Gasteiger partial charge in [-0.25, -0.2) is 0 Å². The number of nitrogens with one attached hydrogen (secondary N) is 2. The predicted molar refractivity (Wildman–Crippen MR) is 272 cm³/mol. The number of terminal acetylenes is 1. The van der Waals surface area contributed by atoms with Gasteiger partial charge in [0, 0.05) is 59.6 Å². The predicted octanol–water partition coefficient (Wildman–Crippen LogP) is 13.7. The van der Waals surface area contributed by atoms with E-state index in [1.54, 1.807) is 18.1 Å². The molecule has 0 bridgehead atoms. The van der Waals surface area contributed by atoms with Gasteiger partial charge in [-0.15, -0.1) is 18.9 Å². The Morgan fingerprint density at radius 1 is 0.839 bits per heavy atom. The van der Waals surface area contributed by atoms with Gasteiger partial charge in [-0.1, -0.05) is 102 Å². The second kappa shape index (κ2) is 25.2. The van der Waals surface area contributed by atoms with Crippen molar-refractivity contribution in [2.24, 2.45) is 5.92 Å². The van der Waals surface area contributed by atoms with Crippen molar-refractivity contribution in [2.45, 2.75) is 156 Å². The Morgan fingerprint density at radius 3 is 2.29 bits per heavy atom. The third-order valence-electron chi connectivity index (χ3n) is 14.0. The van der Waals surface area contributed by atoms with Gasteiger partial charge in [-0.05, 0) is 175 Å². The molecule has 2 fully saturated rings. The van der Waals surface area contributed by atoms with Crippen LogP contribution in [0.1, 0.15) is 161 Å². The molecule has 1 saturated carbocycles. The molecule has 0 spiro atoms. The number of benzene rings is 3. The summed E-state index contributed by atoms with van der Waals surface area (Å²) >= 11 is 0. The Kier molecular flexibility index (Phi) is 19.8. The number of fused-ring (bicyclic) bond motifs is 2. The molecule has 4 aliphatic rings. The van der Waals surface area contributed by atoms with E-state index in [-0.39, 0.29) is 0 Å². The summed E-state index contributed by atoms with van der Waals surface area (Å²) in [4.78, 5) is 7.76. The lowest BCUT2D eigenvalue weighted by Crippen LogP contribution is -2.34. The van der Waals surface area contributed by atoms with Crippen molar-refractivity contribution in [2.75, 3.05) is 50.0 Å². The fourth-order valence-electron chi connectivity index (χ4n) is 10.5. The molecule has 2 N–H and O–H groups in total. The zero-order valence-corrected chi connectivity index (χ0v) is 40.0. The number of hydrogen-bond donors (Lipinski definition) is 2. The third kappa shape index (κ3) is 12.9. The summed E-state index contributed by atoms with van der Waals surface area (Å²) in [6.45, 7) is 31.1. The van der Waals surface area contributed by atoms with Crippen LogP contribution in [0.4, 0.5) is 11.4 Å². The van der Waals surface area contributed by atoms with Crippen LogP contribution in [0.5, 0.6) is 0 Å². The maximum absolute atomic E-state index is 4.64. The Hall–Kier alpha value is -4.24. The second-order valence-electron chi connectivity index (χ2n) is 18.3. The van der Waals surface area contributed by atoms with Crippen molar-refractivity contribution < 1.29 is 0 Å². The summed E-state index contributed by atoms with van der Waals surface area (Å²) in [6.07, 6.45) is 25.9. The monoisotopic (exact) mass is 838 g/mol. The molecule has 0 radical (unpaired) electrons. The highest BCUT2D eigenvalue weighted by Crippen LogP contribution is 2.43. The summed E-state index contributed by atoms with van der Waals surface area (Å²) in [5.41, 5.74) is 16.5. The van der Waals surface area contributed by atoms with Crippen LogP contribution in [0.2, 0.25) is 0 Å². The lowest BCUT2D eigenvalue weighted by molar-refractivity contribution is 0.207. The molecule has 336 valence electrons. The van der Waals surface area contributed by atoms with Crippen LogP contribution in [0.3, 0.4) is 0 Å². The van der Waals surface area contributed by atoms with Crippen LogP contribution in [-0.2, 0) is 19.5 Å². The van der Waals surface area contributed by atoms with Gasteiger partial charge < -0.3 is 25.3 Å². The van der Waals surface area contributed by atoms with Gasteiger partial charge in [-0.3, -0.25) is 0 Å². The van der Waals surface area contributed by atoms with Gasteiger partial charge in [0.2, 0.25) is 0 Å². The molecule has 0 aromatic heterocycles. The molecule has 3 heterocycles. The van der Waals surface area contributed by atoms with E-state index in [2.05, 4.69) is 133 Å². The molecule has 1 atom stereocenters. The van der Waals surface area contributed by atoms with Crippen molar-refractivity contribution in [3.63, 3.8) is 0 Å². The van der Waals surface area contributed by atoms with E-state index in [9.17, 15) is 0 Å². The second-order valence-corrected chi connectivity index (χ2v) is 18.3. The molecule has 3 aromatic carbocycles. The molecule has 0 amide bonds. The topological polar surface area (TPSA) is 33.8 Å². The first-order chi connectivity index (χ1) is 30.2. The van der Waals surface area contributed by atoms with Crippen molar-refractivity contribution in [1.29, 1.82) is 0 Å². The summed E-state index contributed by atoms with van der Waals surface area (Å²) in [6, 6.07) is 19.4. The van der Waals surface area contributed by atoms with Gasteiger partial charge in [0.05, 0.1) is 0 Å². The number of rotatable bonds is 20. The molecule has 1 saturated heterocycles. The van der Waals surface area contributed by atoms with Crippen molar-refractivity contribution in [3.05, 3.63) is 119 Å². The highest BCUT2D eigenvalue weighted by Gasteiger charge is 2.33. The van der Waals surface area contributed by atoms with E-state index >= 15 is 0 Å². The number of unbranched alkanes of at least 4 members (excludes halogenated alkanes) is 4. The maximum Gasteiger partial charge on any atom is 0.0488 e. The quantitative estimate of drug-likeness (QED) is 0.0673. The third-order valence-corrected chi connectivity index (χ3v) is 14.0. The fraction of sp³-hybridized carbons (Fsp3) is 0.544. The standard InChI is InChI=1S/C52H73N5.C3H4.C2H6/c1-7-8-18-47(23-27-53-6)57-37-52-50(41(57)5)31-38(2)32-51(52)43-24-29-55(30-25-43)28-15-11-9-10-14-26-54-46-21-20-44-36-56(40(4)49(44)35-46)48-22-19-39(3)45(34-48)33-42-16-12-13-17-42;1-3-2;1-2/h7,19-22,31-32,34-35,42-43,47,53-54H,1,4-5,8-18,23-30,33,36-37H2,2-3,6H3;1H,2H3;1-2H3. The summed E-state index contributed by atoms with van der Waals surface area (Å²) in [5, 5.41) is 7.10. The molecule has 1 unspecified atom stereocenters. The van der Waals surface area contributed by atoms with Crippen LogP contribution >= 0.6 is 0 Å². The van der Waals surface area contributed by atoms with E-state index in [0.29, 0.717) is 12.0 Å². The number of piperidine rings is 1. The molecule has 5 heteroatoms. The van der Waals surface area contributed by atoms with Gasteiger partial charge in [-0.2, -0.15) is 0 Å². The first kappa shape index (κ1) is 48.8. The van der Waals surface area contributed by atoms with E-state index in [1.165, 1.54) is 147 Å². The summed E-state index contributed by atoms with van der Waals surface area (Å²) in [7, 11) is 2.06. The molecule has 7 rings (SSSR count). The van der Waals surface area contributed by atoms with Crippen LogP contribution < -0.4 is 15.5 Å². The Balaban J connectivity index is 0.00000139. The minimum absolute atomic E-state index is 0.503. The molecule has 1 aliphatic carbocycles. The van der Waals surface area contributed by atoms with Crippen LogP contribution in [0, 0.1) is 32.1 Å². The van der Waals surface area contributed by atoms with E-state index in [0.717, 1.165) is 57.1 Å². The Bertz CT molecular complexity index is 1940. The zero-order chi connectivity index (χ0) is 44.4. The minimum atomic E-state index is 0.503. The van der Waals surface area contributed by atoms with Gasteiger partial charge in [0.25, 0.3) is 0 Å². The van der Waals surface area contributed by atoms with E-state index in [4.69, 9.17) is 0 Å². The van der Waals surface area contributed by atoms with Gasteiger partial charge in [0.1, 0.15) is 0 Å². The van der Waals surface area contributed by atoms with Crippen molar-refractivity contribution in [3.8, 4) is 12.3 Å². The average Bonchev–Trinajstić information content (AvgIpc) is 4.01. The molecule has 62 heavy (non-hydrogen) atoms. The lowest BCUT2D eigenvalue weighted by Gasteiger charge is -2.33. The molecular formula is C57H83N5. The van der Waals surface area contributed by atoms with Gasteiger partial charge >= 0.3 is 0 Å². The first-order valence-corrected chi connectivity index (χ1v) is 24.6. The molecular weight excluding hydrogens is 755 g/mol. The van der Waals surface area contributed by atoms with Crippen molar-refractivity contribution >= 4 is 22.8 Å². The lowest BCUT2D eigenvalue weighted by atomic mass is 9.84. The van der Waals surface area contributed by atoms with Gasteiger partial charge in [0.15, 0.2) is 0 Å². The van der Waals surface area contributed by atoms with Crippen LogP contribution in [-0.4, -0.2) is 55.6 Å². The Labute approximate surface area is 379 Å². The number of nitrogens with zero attached hydrogens (tertiary/aromatic N) is 3. The largest absolute Gasteiger partial charge is 0.385 e. The first-order valence-electron chi connectivity index (χ1n) is 24.6. The number of likely N-dealkylation sites (tertiary alicyclic amines) is 1. The fourth-order valence-corrected chi connectivity index (χ4v) is 10.5. The summed E-state index contributed by atoms with van der Waals surface area (Å²) < 4.78 is 0. The molecule has 3 aromatic rings. The maximum atomic E-state index is 4.64. The molecule has 5 nitrogen and oxygen atoms in total. The average molecular weight is 838 g/mol. The SMILES string of the molecule is C#CC.C=CCCC(CCNC)N1Cc2c(cc(C)cc2C2CCN(CCCCCCCNc3ccc4c(c3)C(=C)N(c3ccc(C)c(CC5CCCC5)c3)C4)CC2)C1=C.CC. The highest BCUT2D eigenvalue weighted by atomic mass is 15.2. The minimum Gasteiger partial charge on any atom is -0.385 e. The van der Waals surface area contributed by atoms with Crippen LogP contribution in [0.25, 0.3) is 11.4 Å².